The summed E-state index contributed by atoms with van der Waals surface area (Å²) in [5.74, 6) is -0.229. The number of benzene rings is 3. The summed E-state index contributed by atoms with van der Waals surface area (Å²) in [5.41, 5.74) is 2.75. The van der Waals surface area contributed by atoms with E-state index in [1.807, 2.05) is 30.3 Å². The van der Waals surface area contributed by atoms with Gasteiger partial charge in [0.05, 0.1) is 5.75 Å². The molecule has 0 unspecified atom stereocenters. The first-order valence-corrected chi connectivity index (χ1v) is 12.0. The van der Waals surface area contributed by atoms with Gasteiger partial charge in [-0.05, 0) is 54.3 Å². The van der Waals surface area contributed by atoms with Gasteiger partial charge in [0.1, 0.15) is 11.6 Å². The topological polar surface area (TPSA) is 63.7 Å². The van der Waals surface area contributed by atoms with Crippen LogP contribution in [0, 0.1) is 5.82 Å². The molecule has 0 heterocycles. The van der Waals surface area contributed by atoms with Gasteiger partial charge in [-0.2, -0.15) is 8.42 Å². The van der Waals surface area contributed by atoms with E-state index in [0.29, 0.717) is 25.9 Å². The summed E-state index contributed by atoms with van der Waals surface area (Å²) in [4.78, 5) is 14.8. The van der Waals surface area contributed by atoms with Crippen LogP contribution in [0.4, 0.5) is 4.39 Å². The SMILES string of the molecule is CCS(=O)(=O)Oc1ccc(CN(Cc2ccc(F)cc2)C(=O)CCc2ccccc2)cc1. The van der Waals surface area contributed by atoms with Crippen molar-refractivity contribution in [2.24, 2.45) is 0 Å². The van der Waals surface area contributed by atoms with E-state index in [9.17, 15) is 17.6 Å². The van der Waals surface area contributed by atoms with E-state index >= 15 is 0 Å². The van der Waals surface area contributed by atoms with Crippen LogP contribution in [-0.4, -0.2) is 25.0 Å². The van der Waals surface area contributed by atoms with Crippen molar-refractivity contribution in [2.75, 3.05) is 5.75 Å². The van der Waals surface area contributed by atoms with Crippen LogP contribution in [0.2, 0.25) is 0 Å². The van der Waals surface area contributed by atoms with Crippen molar-refractivity contribution in [1.82, 2.24) is 4.90 Å². The highest BCUT2D eigenvalue weighted by Gasteiger charge is 2.16. The molecule has 0 fully saturated rings. The van der Waals surface area contributed by atoms with E-state index in [1.54, 1.807) is 41.3 Å². The summed E-state index contributed by atoms with van der Waals surface area (Å²) in [5, 5.41) is 0. The van der Waals surface area contributed by atoms with Crippen LogP contribution >= 0.6 is 0 Å². The van der Waals surface area contributed by atoms with Gasteiger partial charge in [-0.3, -0.25) is 4.79 Å². The molecule has 7 heteroatoms. The molecule has 3 aromatic carbocycles. The zero-order valence-electron chi connectivity index (χ0n) is 17.9. The largest absolute Gasteiger partial charge is 0.382 e. The molecule has 0 aliphatic carbocycles. The van der Waals surface area contributed by atoms with Crippen LogP contribution < -0.4 is 4.18 Å². The second-order valence-corrected chi connectivity index (χ2v) is 9.29. The quantitative estimate of drug-likeness (QED) is 0.415. The zero-order valence-corrected chi connectivity index (χ0v) is 18.7. The minimum atomic E-state index is -3.59. The number of hydrogen-bond acceptors (Lipinski definition) is 4. The normalized spacial score (nSPS) is 11.2. The number of carbonyl (C=O) groups excluding carboxylic acids is 1. The van der Waals surface area contributed by atoms with Crippen molar-refractivity contribution in [3.63, 3.8) is 0 Å². The van der Waals surface area contributed by atoms with Gasteiger partial charge in [-0.1, -0.05) is 54.6 Å². The highest BCUT2D eigenvalue weighted by Crippen LogP contribution is 2.18. The van der Waals surface area contributed by atoms with Crippen LogP contribution in [-0.2, 0) is 34.4 Å². The first-order chi connectivity index (χ1) is 15.3. The maximum Gasteiger partial charge on any atom is 0.308 e. The van der Waals surface area contributed by atoms with Gasteiger partial charge in [0.15, 0.2) is 0 Å². The number of halogens is 1. The lowest BCUT2D eigenvalue weighted by molar-refractivity contribution is -0.132. The molecule has 0 radical (unpaired) electrons. The predicted molar refractivity (Wildman–Crippen MR) is 122 cm³/mol. The molecule has 3 aromatic rings. The number of carbonyl (C=O) groups is 1. The Balaban J connectivity index is 1.72. The van der Waals surface area contributed by atoms with Crippen LogP contribution in [0.3, 0.4) is 0 Å². The lowest BCUT2D eigenvalue weighted by Crippen LogP contribution is -2.30. The molecule has 5 nitrogen and oxygen atoms in total. The fraction of sp³-hybridized carbons (Fsp3) is 0.240. The fourth-order valence-corrected chi connectivity index (χ4v) is 3.70. The molecule has 168 valence electrons. The first-order valence-electron chi connectivity index (χ1n) is 10.4. The van der Waals surface area contributed by atoms with Gasteiger partial charge in [0.2, 0.25) is 5.91 Å². The average molecular weight is 456 g/mol. The summed E-state index contributed by atoms with van der Waals surface area (Å²) in [6.07, 6.45) is 0.975. The molecule has 0 atom stereocenters. The molecule has 0 aliphatic heterocycles. The van der Waals surface area contributed by atoms with Gasteiger partial charge >= 0.3 is 10.1 Å². The number of rotatable bonds is 10. The van der Waals surface area contributed by atoms with Crippen LogP contribution in [0.1, 0.15) is 30.0 Å². The maximum absolute atomic E-state index is 13.3. The van der Waals surface area contributed by atoms with E-state index in [2.05, 4.69) is 0 Å². The van der Waals surface area contributed by atoms with Crippen molar-refractivity contribution < 1.29 is 21.8 Å². The Labute approximate surface area is 188 Å². The molecule has 0 saturated heterocycles. The summed E-state index contributed by atoms with van der Waals surface area (Å²) >= 11 is 0. The van der Waals surface area contributed by atoms with Crippen LogP contribution in [0.5, 0.6) is 5.75 Å². The molecule has 0 spiro atoms. The second kappa shape index (κ2) is 10.9. The molecule has 32 heavy (non-hydrogen) atoms. The first kappa shape index (κ1) is 23.5. The van der Waals surface area contributed by atoms with Crippen molar-refractivity contribution in [3.8, 4) is 5.75 Å². The van der Waals surface area contributed by atoms with Gasteiger partial charge < -0.3 is 9.08 Å². The molecule has 0 bridgehead atoms. The van der Waals surface area contributed by atoms with E-state index in [4.69, 9.17) is 4.18 Å². The fourth-order valence-electron chi connectivity index (χ4n) is 3.17. The molecular weight excluding hydrogens is 429 g/mol. The zero-order chi connectivity index (χ0) is 23.0. The Hall–Kier alpha value is -3.19. The van der Waals surface area contributed by atoms with Crippen LogP contribution in [0.25, 0.3) is 0 Å². The third kappa shape index (κ3) is 7.20. The standard InChI is InChI=1S/C25H26FNO4S/c1-2-32(29,30)31-24-15-10-22(11-16-24)19-27(18-21-8-13-23(26)14-9-21)25(28)17-12-20-6-4-3-5-7-20/h3-11,13-16H,2,12,17-19H2,1H3. The lowest BCUT2D eigenvalue weighted by Gasteiger charge is -2.23. The van der Waals surface area contributed by atoms with E-state index in [1.165, 1.54) is 19.1 Å². The summed E-state index contributed by atoms with van der Waals surface area (Å²) in [6, 6.07) is 22.5. The van der Waals surface area contributed by atoms with Gasteiger partial charge in [-0.25, -0.2) is 4.39 Å². The van der Waals surface area contributed by atoms with Crippen molar-refractivity contribution in [3.05, 3.63) is 101 Å². The Morgan fingerprint density at radius 2 is 1.41 bits per heavy atom. The number of aryl methyl sites for hydroxylation is 1. The lowest BCUT2D eigenvalue weighted by atomic mass is 10.1. The van der Waals surface area contributed by atoms with Crippen molar-refractivity contribution in [1.29, 1.82) is 0 Å². The highest BCUT2D eigenvalue weighted by atomic mass is 32.2. The Morgan fingerprint density at radius 3 is 1.97 bits per heavy atom. The monoisotopic (exact) mass is 455 g/mol. The molecular formula is C25H26FNO4S. The maximum atomic E-state index is 13.3. The molecule has 0 aliphatic rings. The average Bonchev–Trinajstić information content (AvgIpc) is 2.80. The predicted octanol–water partition coefficient (Wildman–Crippen LogP) is 4.72. The molecule has 0 saturated carbocycles. The van der Waals surface area contributed by atoms with E-state index < -0.39 is 10.1 Å². The van der Waals surface area contributed by atoms with Gasteiger partial charge in [0, 0.05) is 19.5 Å². The molecule has 1 amide bonds. The van der Waals surface area contributed by atoms with Gasteiger partial charge in [0.25, 0.3) is 0 Å². The molecule has 0 N–H and O–H groups in total. The Bertz CT molecular complexity index is 1110. The van der Waals surface area contributed by atoms with Crippen LogP contribution in [0.15, 0.2) is 78.9 Å². The summed E-state index contributed by atoms with van der Waals surface area (Å²) in [6.45, 7) is 2.19. The Morgan fingerprint density at radius 1 is 0.844 bits per heavy atom. The van der Waals surface area contributed by atoms with E-state index in [-0.39, 0.29) is 23.2 Å². The van der Waals surface area contributed by atoms with Crippen molar-refractivity contribution >= 4 is 16.0 Å². The summed E-state index contributed by atoms with van der Waals surface area (Å²) < 4.78 is 41.6. The number of nitrogens with zero attached hydrogens (tertiary/aromatic N) is 1. The smallest absolute Gasteiger partial charge is 0.308 e. The molecule has 0 aromatic heterocycles. The Kier molecular flexibility index (Phi) is 8.00. The van der Waals surface area contributed by atoms with Crippen molar-refractivity contribution in [2.45, 2.75) is 32.9 Å². The van der Waals surface area contributed by atoms with E-state index in [0.717, 1.165) is 16.7 Å². The number of amides is 1. The van der Waals surface area contributed by atoms with Gasteiger partial charge in [-0.15, -0.1) is 0 Å². The molecule has 3 rings (SSSR count). The third-order valence-electron chi connectivity index (χ3n) is 4.98. The highest BCUT2D eigenvalue weighted by molar-refractivity contribution is 7.87. The minimum Gasteiger partial charge on any atom is -0.382 e. The third-order valence-corrected chi connectivity index (χ3v) is 6.14. The number of hydrogen-bond donors (Lipinski definition) is 0. The minimum absolute atomic E-state index is 0.0212. The second-order valence-electron chi connectivity index (χ2n) is 7.44. The summed E-state index contributed by atoms with van der Waals surface area (Å²) in [7, 11) is -3.59.